The van der Waals surface area contributed by atoms with Crippen molar-refractivity contribution in [3.63, 3.8) is 0 Å². The second kappa shape index (κ2) is 4.42. The van der Waals surface area contributed by atoms with Crippen molar-refractivity contribution in [2.24, 2.45) is 7.05 Å². The summed E-state index contributed by atoms with van der Waals surface area (Å²) < 4.78 is 3.97. The molecule has 0 saturated heterocycles. The zero-order valence-corrected chi connectivity index (χ0v) is 11.2. The van der Waals surface area contributed by atoms with E-state index in [2.05, 4.69) is 27.6 Å². The topological polar surface area (TPSA) is 61.7 Å². The van der Waals surface area contributed by atoms with Gasteiger partial charge in [-0.15, -0.1) is 0 Å². The number of benzene rings is 1. The summed E-state index contributed by atoms with van der Waals surface area (Å²) in [6, 6.07) is 8.13. The number of aromatic nitrogens is 4. The fraction of sp³-hybridized carbons (Fsp3) is 0.286. The van der Waals surface area contributed by atoms with Crippen molar-refractivity contribution in [3.05, 3.63) is 41.7 Å². The van der Waals surface area contributed by atoms with Gasteiger partial charge in [0.05, 0.1) is 11.0 Å². The molecular weight excluding hydrogens is 238 g/mol. The van der Waals surface area contributed by atoms with E-state index < -0.39 is 0 Å². The average molecular weight is 255 g/mol. The predicted octanol–water partition coefficient (Wildman–Crippen LogP) is 1.90. The van der Waals surface area contributed by atoms with Crippen LogP contribution in [-0.4, -0.2) is 19.3 Å². The minimum atomic E-state index is 0.575. The van der Waals surface area contributed by atoms with Gasteiger partial charge in [-0.3, -0.25) is 4.68 Å². The van der Waals surface area contributed by atoms with E-state index in [0.717, 1.165) is 24.0 Å². The fourth-order valence-electron chi connectivity index (χ4n) is 2.48. The van der Waals surface area contributed by atoms with E-state index in [9.17, 15) is 0 Å². The Morgan fingerprint density at radius 2 is 2.11 bits per heavy atom. The van der Waals surface area contributed by atoms with Crippen LogP contribution in [0.3, 0.4) is 0 Å². The Bertz CT molecular complexity index is 723. The molecule has 0 aliphatic rings. The highest BCUT2D eigenvalue weighted by molar-refractivity contribution is 5.81. The van der Waals surface area contributed by atoms with E-state index in [0.29, 0.717) is 5.95 Å². The van der Waals surface area contributed by atoms with Crippen molar-refractivity contribution >= 4 is 17.0 Å². The van der Waals surface area contributed by atoms with E-state index in [-0.39, 0.29) is 0 Å². The second-order valence-electron chi connectivity index (χ2n) is 4.76. The molecule has 0 unspecified atom stereocenters. The van der Waals surface area contributed by atoms with E-state index >= 15 is 0 Å². The number of rotatable bonds is 3. The molecule has 0 aliphatic carbocycles. The van der Waals surface area contributed by atoms with Gasteiger partial charge in [-0.2, -0.15) is 5.10 Å². The molecule has 3 rings (SSSR count). The Labute approximate surface area is 111 Å². The van der Waals surface area contributed by atoms with E-state index in [1.54, 1.807) is 0 Å². The van der Waals surface area contributed by atoms with Crippen LogP contribution >= 0.6 is 0 Å². The predicted molar refractivity (Wildman–Crippen MR) is 75.8 cm³/mol. The summed E-state index contributed by atoms with van der Waals surface area (Å²) in [5.41, 5.74) is 10.5. The summed E-state index contributed by atoms with van der Waals surface area (Å²) in [6.07, 6.45) is 2.70. The van der Waals surface area contributed by atoms with E-state index in [1.807, 2.05) is 36.1 Å². The number of imidazole rings is 1. The summed E-state index contributed by atoms with van der Waals surface area (Å²) in [7, 11) is 1.95. The maximum Gasteiger partial charge on any atom is 0.201 e. The van der Waals surface area contributed by atoms with Gasteiger partial charge in [-0.1, -0.05) is 12.1 Å². The molecule has 0 spiro atoms. The van der Waals surface area contributed by atoms with Gasteiger partial charge in [0.2, 0.25) is 5.95 Å². The first-order chi connectivity index (χ1) is 9.16. The highest BCUT2D eigenvalue weighted by Crippen LogP contribution is 2.21. The van der Waals surface area contributed by atoms with Crippen LogP contribution in [0.4, 0.5) is 5.95 Å². The molecule has 0 fully saturated rings. The van der Waals surface area contributed by atoms with Crippen molar-refractivity contribution in [3.8, 4) is 0 Å². The van der Waals surface area contributed by atoms with Crippen LogP contribution in [-0.2, 0) is 20.0 Å². The standard InChI is InChI=1S/C14H17N5/c1-10-4-3-5-12-13(10)19(14(15)17-12)9-7-11-6-8-16-18(11)2/h3-6,8H,7,9H2,1-2H3,(H2,15,17). The molecule has 0 amide bonds. The van der Waals surface area contributed by atoms with E-state index in [4.69, 9.17) is 5.73 Å². The molecule has 0 bridgehead atoms. The first-order valence-electron chi connectivity index (χ1n) is 6.35. The Balaban J connectivity index is 1.97. The van der Waals surface area contributed by atoms with Crippen LogP contribution in [0.1, 0.15) is 11.3 Å². The number of para-hydroxylation sites is 1. The van der Waals surface area contributed by atoms with Crippen molar-refractivity contribution < 1.29 is 0 Å². The zero-order chi connectivity index (χ0) is 13.4. The van der Waals surface area contributed by atoms with Gasteiger partial charge in [0, 0.05) is 31.9 Å². The number of nitrogen functional groups attached to an aromatic ring is 1. The van der Waals surface area contributed by atoms with Gasteiger partial charge < -0.3 is 10.3 Å². The van der Waals surface area contributed by atoms with Crippen molar-refractivity contribution in [1.82, 2.24) is 19.3 Å². The Kier molecular flexibility index (Phi) is 2.74. The molecule has 5 nitrogen and oxygen atoms in total. The van der Waals surface area contributed by atoms with Crippen LogP contribution in [0, 0.1) is 6.92 Å². The molecule has 98 valence electrons. The highest BCUT2D eigenvalue weighted by atomic mass is 15.3. The van der Waals surface area contributed by atoms with E-state index in [1.165, 1.54) is 11.3 Å². The number of aryl methyl sites for hydroxylation is 4. The number of hydrogen-bond acceptors (Lipinski definition) is 3. The minimum absolute atomic E-state index is 0.575. The lowest BCUT2D eigenvalue weighted by molar-refractivity contribution is 0.650. The smallest absolute Gasteiger partial charge is 0.201 e. The van der Waals surface area contributed by atoms with Crippen molar-refractivity contribution in [2.75, 3.05) is 5.73 Å². The average Bonchev–Trinajstić information content (AvgIpc) is 2.91. The van der Waals surface area contributed by atoms with Gasteiger partial charge in [0.15, 0.2) is 0 Å². The first kappa shape index (κ1) is 11.8. The Hall–Kier alpha value is -2.30. The molecule has 2 N–H and O–H groups in total. The summed E-state index contributed by atoms with van der Waals surface area (Å²) in [5, 5.41) is 4.18. The van der Waals surface area contributed by atoms with Crippen LogP contribution in [0.5, 0.6) is 0 Å². The van der Waals surface area contributed by atoms with Gasteiger partial charge in [-0.05, 0) is 24.6 Å². The third-order valence-electron chi connectivity index (χ3n) is 3.51. The molecule has 0 radical (unpaired) electrons. The molecule has 0 atom stereocenters. The number of anilines is 1. The quantitative estimate of drug-likeness (QED) is 0.777. The van der Waals surface area contributed by atoms with Crippen LogP contribution in [0.2, 0.25) is 0 Å². The molecule has 2 heterocycles. The second-order valence-corrected chi connectivity index (χ2v) is 4.76. The number of nitrogens with two attached hydrogens (primary N) is 1. The lowest BCUT2D eigenvalue weighted by Crippen LogP contribution is -2.08. The number of fused-ring (bicyclic) bond motifs is 1. The first-order valence-corrected chi connectivity index (χ1v) is 6.35. The van der Waals surface area contributed by atoms with Crippen LogP contribution in [0.15, 0.2) is 30.5 Å². The maximum absolute atomic E-state index is 6.03. The van der Waals surface area contributed by atoms with Gasteiger partial charge in [-0.25, -0.2) is 4.98 Å². The monoisotopic (exact) mass is 255 g/mol. The summed E-state index contributed by atoms with van der Waals surface area (Å²) in [5.74, 6) is 0.575. The largest absolute Gasteiger partial charge is 0.369 e. The number of nitrogens with zero attached hydrogens (tertiary/aromatic N) is 4. The summed E-state index contributed by atoms with van der Waals surface area (Å²) in [6.45, 7) is 2.90. The molecule has 2 aromatic heterocycles. The fourth-order valence-corrected chi connectivity index (χ4v) is 2.48. The molecule has 1 aromatic carbocycles. The summed E-state index contributed by atoms with van der Waals surface area (Å²) in [4.78, 5) is 4.41. The molecule has 3 aromatic rings. The SMILES string of the molecule is Cc1cccc2nc(N)n(CCc3ccnn3C)c12. The lowest BCUT2D eigenvalue weighted by Gasteiger charge is -2.08. The highest BCUT2D eigenvalue weighted by Gasteiger charge is 2.10. The minimum Gasteiger partial charge on any atom is -0.369 e. The molecule has 5 heteroatoms. The lowest BCUT2D eigenvalue weighted by atomic mass is 10.2. The van der Waals surface area contributed by atoms with Crippen molar-refractivity contribution in [2.45, 2.75) is 19.9 Å². The van der Waals surface area contributed by atoms with Crippen LogP contribution in [0.25, 0.3) is 11.0 Å². The molecular formula is C14H17N5. The van der Waals surface area contributed by atoms with Gasteiger partial charge in [0.1, 0.15) is 0 Å². The van der Waals surface area contributed by atoms with Gasteiger partial charge >= 0.3 is 0 Å². The molecule has 0 saturated carbocycles. The summed E-state index contributed by atoms with van der Waals surface area (Å²) >= 11 is 0. The third-order valence-corrected chi connectivity index (χ3v) is 3.51. The Morgan fingerprint density at radius 1 is 1.26 bits per heavy atom. The molecule has 19 heavy (non-hydrogen) atoms. The Morgan fingerprint density at radius 3 is 2.84 bits per heavy atom. The van der Waals surface area contributed by atoms with Gasteiger partial charge in [0.25, 0.3) is 0 Å². The normalized spacial score (nSPS) is 11.3. The zero-order valence-electron chi connectivity index (χ0n) is 11.2. The molecule has 0 aliphatic heterocycles. The number of hydrogen-bond donors (Lipinski definition) is 1. The van der Waals surface area contributed by atoms with Crippen LogP contribution < -0.4 is 5.73 Å². The van der Waals surface area contributed by atoms with Crippen molar-refractivity contribution in [1.29, 1.82) is 0 Å². The third kappa shape index (κ3) is 1.97. The maximum atomic E-state index is 6.03.